The molecular weight excluding hydrogens is 404 g/mol. The zero-order valence-electron chi connectivity index (χ0n) is 16.5. The van der Waals surface area contributed by atoms with Crippen molar-refractivity contribution in [3.8, 4) is 0 Å². The maximum atomic E-state index is 14.5. The van der Waals surface area contributed by atoms with Gasteiger partial charge in [0.2, 0.25) is 5.91 Å². The van der Waals surface area contributed by atoms with Crippen molar-refractivity contribution < 1.29 is 22.4 Å². The van der Waals surface area contributed by atoms with Gasteiger partial charge in [-0.25, -0.2) is 19.3 Å². The molecule has 0 saturated carbocycles. The summed E-state index contributed by atoms with van der Waals surface area (Å²) in [6, 6.07) is 3.63. The van der Waals surface area contributed by atoms with Gasteiger partial charge in [0.1, 0.15) is 23.7 Å². The summed E-state index contributed by atoms with van der Waals surface area (Å²) in [4.78, 5) is 25.1. The summed E-state index contributed by atoms with van der Waals surface area (Å²) in [6.07, 6.45) is -1.66. The number of halogens is 4. The molecule has 3 N–H and O–H groups in total. The molecule has 1 aliphatic rings. The largest absolute Gasteiger partial charge is 0.405 e. The highest BCUT2D eigenvalue weighted by Crippen LogP contribution is 2.34. The Bertz CT molecular complexity index is 916. The fourth-order valence-corrected chi connectivity index (χ4v) is 3.40. The minimum atomic E-state index is -4.55. The van der Waals surface area contributed by atoms with E-state index in [0.717, 1.165) is 11.8 Å². The maximum absolute atomic E-state index is 14.5. The van der Waals surface area contributed by atoms with Gasteiger partial charge in [-0.3, -0.25) is 4.79 Å². The zero-order valence-corrected chi connectivity index (χ0v) is 16.5. The van der Waals surface area contributed by atoms with Crippen LogP contribution in [0.1, 0.15) is 44.0 Å². The first kappa shape index (κ1) is 21.7. The molecule has 1 atom stereocenters. The first-order valence-corrected chi connectivity index (χ1v) is 9.53. The van der Waals surface area contributed by atoms with Crippen molar-refractivity contribution in [1.82, 2.24) is 20.3 Å². The Hall–Kier alpha value is -2.98. The highest BCUT2D eigenvalue weighted by atomic mass is 19.4. The Kier molecular flexibility index (Phi) is 6.09. The fourth-order valence-electron chi connectivity index (χ4n) is 3.40. The number of anilines is 2. The Balaban J connectivity index is 1.87. The van der Waals surface area contributed by atoms with E-state index in [1.165, 1.54) is 0 Å². The summed E-state index contributed by atoms with van der Waals surface area (Å²) in [6.45, 7) is 2.26. The summed E-state index contributed by atoms with van der Waals surface area (Å²) in [7, 11) is 0. The first-order chi connectivity index (χ1) is 14.2. The predicted octanol–water partition coefficient (Wildman–Crippen LogP) is 3.22. The average molecular weight is 426 g/mol. The van der Waals surface area contributed by atoms with E-state index >= 15 is 0 Å². The lowest BCUT2D eigenvalue weighted by molar-refractivity contribution is -0.141. The SMILES string of the molecule is CCC(CC)(Nc1nc(C2CNc3ncccc32)ncc1F)C(=O)NCC(F)(F)F. The molecule has 0 saturated heterocycles. The number of pyridine rings is 1. The quantitative estimate of drug-likeness (QED) is 0.589. The molecule has 1 unspecified atom stereocenters. The van der Waals surface area contributed by atoms with Gasteiger partial charge in [-0.15, -0.1) is 0 Å². The molecule has 0 spiro atoms. The van der Waals surface area contributed by atoms with Crippen LogP contribution in [0.4, 0.5) is 29.2 Å². The average Bonchev–Trinajstić information content (AvgIpc) is 3.15. The van der Waals surface area contributed by atoms with Crippen molar-refractivity contribution in [2.24, 2.45) is 0 Å². The van der Waals surface area contributed by atoms with Crippen LogP contribution in [-0.2, 0) is 4.79 Å². The van der Waals surface area contributed by atoms with Crippen LogP contribution in [0.3, 0.4) is 0 Å². The molecule has 2 aromatic heterocycles. The third kappa shape index (κ3) is 4.44. The second-order valence-electron chi connectivity index (χ2n) is 7.01. The molecule has 2 aromatic rings. The van der Waals surface area contributed by atoms with Crippen LogP contribution in [0.2, 0.25) is 0 Å². The van der Waals surface area contributed by atoms with Gasteiger partial charge in [0, 0.05) is 18.3 Å². The third-order valence-corrected chi connectivity index (χ3v) is 5.21. The number of hydrogen-bond acceptors (Lipinski definition) is 6. The van der Waals surface area contributed by atoms with Gasteiger partial charge in [0.25, 0.3) is 0 Å². The minimum Gasteiger partial charge on any atom is -0.369 e. The molecule has 0 bridgehead atoms. The van der Waals surface area contributed by atoms with Gasteiger partial charge in [0.15, 0.2) is 11.6 Å². The Morgan fingerprint density at radius 2 is 2.00 bits per heavy atom. The number of nitrogens with one attached hydrogen (secondary N) is 3. The second-order valence-corrected chi connectivity index (χ2v) is 7.01. The molecular formula is C19H22F4N6O. The molecule has 7 nitrogen and oxygen atoms in total. The highest BCUT2D eigenvalue weighted by Gasteiger charge is 2.39. The van der Waals surface area contributed by atoms with Crippen molar-refractivity contribution in [2.75, 3.05) is 23.7 Å². The molecule has 0 radical (unpaired) electrons. The van der Waals surface area contributed by atoms with E-state index in [0.29, 0.717) is 18.2 Å². The highest BCUT2D eigenvalue weighted by molar-refractivity contribution is 5.89. The van der Waals surface area contributed by atoms with Crippen LogP contribution in [0, 0.1) is 5.82 Å². The molecule has 0 aromatic carbocycles. The molecule has 162 valence electrons. The van der Waals surface area contributed by atoms with E-state index in [1.54, 1.807) is 26.1 Å². The van der Waals surface area contributed by atoms with Crippen LogP contribution >= 0.6 is 0 Å². The first-order valence-electron chi connectivity index (χ1n) is 9.53. The van der Waals surface area contributed by atoms with E-state index < -0.39 is 30.0 Å². The van der Waals surface area contributed by atoms with Crippen molar-refractivity contribution in [1.29, 1.82) is 0 Å². The van der Waals surface area contributed by atoms with Gasteiger partial charge in [-0.05, 0) is 18.9 Å². The lowest BCUT2D eigenvalue weighted by atomic mass is 9.91. The van der Waals surface area contributed by atoms with Crippen LogP contribution in [0.25, 0.3) is 0 Å². The number of carbonyl (C=O) groups excluding carboxylic acids is 1. The Labute approximate surface area is 170 Å². The number of amides is 1. The van der Waals surface area contributed by atoms with E-state index in [-0.39, 0.29) is 24.6 Å². The lowest BCUT2D eigenvalue weighted by Gasteiger charge is -2.32. The number of carbonyl (C=O) groups is 1. The van der Waals surface area contributed by atoms with Gasteiger partial charge in [-0.1, -0.05) is 19.9 Å². The number of nitrogens with zero attached hydrogens (tertiary/aromatic N) is 3. The standard InChI is InChI=1S/C19H22F4N6O/c1-3-18(4-2,17(30)27-10-19(21,22)23)29-16-13(20)9-26-15(28-16)12-8-25-14-11(12)6-5-7-24-14/h5-7,9,12H,3-4,8,10H2,1-2H3,(H,24,25)(H,27,30)(H,26,28,29). The zero-order chi connectivity index (χ0) is 21.9. The van der Waals surface area contributed by atoms with E-state index in [9.17, 15) is 22.4 Å². The third-order valence-electron chi connectivity index (χ3n) is 5.21. The number of aromatic nitrogens is 3. The van der Waals surface area contributed by atoms with Crippen molar-refractivity contribution in [2.45, 2.75) is 44.3 Å². The van der Waals surface area contributed by atoms with Crippen LogP contribution in [0.5, 0.6) is 0 Å². The number of fused-ring (bicyclic) bond motifs is 1. The Morgan fingerprint density at radius 1 is 1.27 bits per heavy atom. The van der Waals surface area contributed by atoms with Gasteiger partial charge >= 0.3 is 6.18 Å². The lowest BCUT2D eigenvalue weighted by Crippen LogP contribution is -2.53. The number of alkyl halides is 3. The van der Waals surface area contributed by atoms with Crippen LogP contribution in [0.15, 0.2) is 24.5 Å². The molecule has 1 aliphatic heterocycles. The number of hydrogen-bond donors (Lipinski definition) is 3. The topological polar surface area (TPSA) is 91.8 Å². The van der Waals surface area contributed by atoms with Crippen molar-refractivity contribution in [3.63, 3.8) is 0 Å². The Morgan fingerprint density at radius 3 is 2.67 bits per heavy atom. The summed E-state index contributed by atoms with van der Waals surface area (Å²) < 4.78 is 52.0. The normalized spacial score (nSPS) is 16.0. The number of rotatable bonds is 7. The van der Waals surface area contributed by atoms with Crippen molar-refractivity contribution >= 4 is 17.5 Å². The summed E-state index contributed by atoms with van der Waals surface area (Å²) in [5.74, 6) is -1.18. The van der Waals surface area contributed by atoms with E-state index in [4.69, 9.17) is 0 Å². The second kappa shape index (κ2) is 8.41. The smallest absolute Gasteiger partial charge is 0.369 e. The van der Waals surface area contributed by atoms with Gasteiger partial charge in [-0.2, -0.15) is 13.2 Å². The monoisotopic (exact) mass is 426 g/mol. The summed E-state index contributed by atoms with van der Waals surface area (Å²) in [5, 5.41) is 7.75. The van der Waals surface area contributed by atoms with Crippen molar-refractivity contribution in [3.05, 3.63) is 41.7 Å². The van der Waals surface area contributed by atoms with Gasteiger partial charge in [0.05, 0.1) is 12.1 Å². The molecule has 0 fully saturated rings. The minimum absolute atomic E-state index is 0.129. The van der Waals surface area contributed by atoms with Crippen LogP contribution < -0.4 is 16.0 Å². The molecule has 3 rings (SSSR count). The molecule has 1 amide bonds. The molecule has 11 heteroatoms. The summed E-state index contributed by atoms with van der Waals surface area (Å²) in [5.41, 5.74) is -0.597. The van der Waals surface area contributed by atoms with Gasteiger partial charge < -0.3 is 16.0 Å². The van der Waals surface area contributed by atoms with E-state index in [1.807, 2.05) is 11.4 Å². The maximum Gasteiger partial charge on any atom is 0.405 e. The van der Waals surface area contributed by atoms with Crippen LogP contribution in [-0.4, -0.2) is 45.7 Å². The summed E-state index contributed by atoms with van der Waals surface area (Å²) >= 11 is 0. The van der Waals surface area contributed by atoms with E-state index in [2.05, 4.69) is 25.6 Å². The molecule has 30 heavy (non-hydrogen) atoms. The molecule has 3 heterocycles. The predicted molar refractivity (Wildman–Crippen MR) is 103 cm³/mol. The molecule has 0 aliphatic carbocycles. The fraction of sp³-hybridized carbons (Fsp3) is 0.474.